The lowest BCUT2D eigenvalue weighted by Crippen LogP contribution is -2.49. The summed E-state index contributed by atoms with van der Waals surface area (Å²) >= 11 is 0. The van der Waals surface area contributed by atoms with Gasteiger partial charge in [-0.15, -0.1) is 0 Å². The van der Waals surface area contributed by atoms with E-state index in [4.69, 9.17) is 5.73 Å². The average Bonchev–Trinajstić information content (AvgIpc) is 1.86. The Bertz CT molecular complexity index is 141. The van der Waals surface area contributed by atoms with Crippen LogP contribution in [0.3, 0.4) is 0 Å². The van der Waals surface area contributed by atoms with Crippen molar-refractivity contribution in [3.05, 3.63) is 0 Å². The molecule has 3 N–H and O–H groups in total. The first-order valence-electron chi connectivity index (χ1n) is 3.91. The van der Waals surface area contributed by atoms with Gasteiger partial charge in [0.15, 0.2) is 0 Å². The van der Waals surface area contributed by atoms with E-state index in [0.717, 1.165) is 0 Å². The molecule has 0 unspecified atom stereocenters. The molecular weight excluding hydrogens is 140 g/mol. The largest absolute Gasteiger partial charge is 0.350 e. The first-order valence-corrected chi connectivity index (χ1v) is 3.91. The van der Waals surface area contributed by atoms with Gasteiger partial charge in [0.2, 0.25) is 5.91 Å². The maximum Gasteiger partial charge on any atom is 0.234 e. The minimum Gasteiger partial charge on any atom is -0.350 e. The number of carbonyl (C=O) groups excluding carboxylic acids is 1. The highest BCUT2D eigenvalue weighted by Gasteiger charge is 2.23. The van der Waals surface area contributed by atoms with E-state index in [1.54, 1.807) is 0 Å². The van der Waals surface area contributed by atoms with Crippen LogP contribution in [0.5, 0.6) is 0 Å². The van der Waals surface area contributed by atoms with Crippen LogP contribution in [-0.4, -0.2) is 18.0 Å². The number of nitrogens with one attached hydrogen (secondary N) is 1. The van der Waals surface area contributed by atoms with Crippen molar-refractivity contribution in [1.29, 1.82) is 0 Å². The third kappa shape index (κ3) is 3.37. The summed E-state index contributed by atoms with van der Waals surface area (Å²) in [6, 6.07) is 0. The Morgan fingerprint density at radius 3 is 2.27 bits per heavy atom. The quantitative estimate of drug-likeness (QED) is 0.628. The Morgan fingerprint density at radius 2 is 2.00 bits per heavy atom. The number of hydrogen-bond acceptors (Lipinski definition) is 2. The second-order valence-electron chi connectivity index (χ2n) is 3.63. The van der Waals surface area contributed by atoms with E-state index in [-0.39, 0.29) is 18.0 Å². The van der Waals surface area contributed by atoms with Gasteiger partial charge in [-0.3, -0.25) is 4.79 Å². The molecule has 66 valence electrons. The van der Waals surface area contributed by atoms with Crippen molar-refractivity contribution in [2.45, 2.75) is 33.2 Å². The molecule has 0 aromatic rings. The molecule has 0 spiro atoms. The maximum absolute atomic E-state index is 10.9. The first-order chi connectivity index (χ1) is 4.90. The van der Waals surface area contributed by atoms with Crippen molar-refractivity contribution in [1.82, 2.24) is 5.32 Å². The molecule has 0 saturated heterocycles. The Kier molecular flexibility index (Phi) is 3.52. The van der Waals surface area contributed by atoms with E-state index in [1.165, 1.54) is 0 Å². The average molecular weight is 158 g/mol. The van der Waals surface area contributed by atoms with Crippen LogP contribution in [0.1, 0.15) is 27.7 Å². The lowest BCUT2D eigenvalue weighted by molar-refractivity contribution is -0.121. The number of hydrogen-bond donors (Lipinski definition) is 2. The third-order valence-electron chi connectivity index (χ3n) is 2.09. The van der Waals surface area contributed by atoms with E-state index in [0.29, 0.717) is 5.92 Å². The standard InChI is InChI=1S/C8H18N2O/c1-6(2)8(3,4)10-7(11)5-9/h6H,5,9H2,1-4H3,(H,10,11). The minimum atomic E-state index is -0.156. The molecule has 3 heteroatoms. The van der Waals surface area contributed by atoms with Crippen LogP contribution >= 0.6 is 0 Å². The van der Waals surface area contributed by atoms with Crippen LogP contribution in [0.25, 0.3) is 0 Å². The van der Waals surface area contributed by atoms with Crippen LogP contribution < -0.4 is 11.1 Å². The smallest absolute Gasteiger partial charge is 0.234 e. The highest BCUT2D eigenvalue weighted by Crippen LogP contribution is 2.14. The number of amides is 1. The summed E-state index contributed by atoms with van der Waals surface area (Å²) in [5, 5.41) is 2.84. The zero-order valence-corrected chi connectivity index (χ0v) is 7.77. The van der Waals surface area contributed by atoms with Crippen molar-refractivity contribution in [3.8, 4) is 0 Å². The van der Waals surface area contributed by atoms with E-state index in [9.17, 15) is 4.79 Å². The molecular formula is C8H18N2O. The fraction of sp³-hybridized carbons (Fsp3) is 0.875. The van der Waals surface area contributed by atoms with Crippen molar-refractivity contribution in [2.24, 2.45) is 11.7 Å². The van der Waals surface area contributed by atoms with Gasteiger partial charge in [-0.2, -0.15) is 0 Å². The third-order valence-corrected chi connectivity index (χ3v) is 2.09. The summed E-state index contributed by atoms with van der Waals surface area (Å²) in [6.45, 7) is 8.18. The number of rotatable bonds is 3. The molecule has 0 atom stereocenters. The van der Waals surface area contributed by atoms with Gasteiger partial charge in [0.25, 0.3) is 0 Å². The molecule has 0 heterocycles. The van der Waals surface area contributed by atoms with E-state index in [2.05, 4.69) is 19.2 Å². The van der Waals surface area contributed by atoms with Crippen LogP contribution in [0.2, 0.25) is 0 Å². The summed E-state index contributed by atoms with van der Waals surface area (Å²) in [4.78, 5) is 10.9. The second-order valence-corrected chi connectivity index (χ2v) is 3.63. The van der Waals surface area contributed by atoms with Gasteiger partial charge in [0.1, 0.15) is 0 Å². The van der Waals surface area contributed by atoms with Crippen molar-refractivity contribution in [3.63, 3.8) is 0 Å². The molecule has 3 nitrogen and oxygen atoms in total. The summed E-state index contributed by atoms with van der Waals surface area (Å²) in [5.41, 5.74) is 5.01. The Morgan fingerprint density at radius 1 is 1.55 bits per heavy atom. The lowest BCUT2D eigenvalue weighted by atomic mass is 9.91. The van der Waals surface area contributed by atoms with E-state index < -0.39 is 0 Å². The molecule has 0 aliphatic rings. The van der Waals surface area contributed by atoms with Gasteiger partial charge in [0, 0.05) is 5.54 Å². The summed E-state index contributed by atoms with van der Waals surface area (Å²) in [7, 11) is 0. The monoisotopic (exact) mass is 158 g/mol. The van der Waals surface area contributed by atoms with Gasteiger partial charge >= 0.3 is 0 Å². The van der Waals surface area contributed by atoms with Gasteiger partial charge in [0.05, 0.1) is 6.54 Å². The minimum absolute atomic E-state index is 0.0656. The number of nitrogens with two attached hydrogens (primary N) is 1. The van der Waals surface area contributed by atoms with Gasteiger partial charge in [-0.1, -0.05) is 13.8 Å². The van der Waals surface area contributed by atoms with Crippen LogP contribution in [0.15, 0.2) is 0 Å². The first kappa shape index (κ1) is 10.4. The SMILES string of the molecule is CC(C)C(C)(C)NC(=O)CN. The molecule has 1 amide bonds. The summed E-state index contributed by atoms with van der Waals surface area (Å²) in [5.74, 6) is 0.321. The fourth-order valence-corrected chi connectivity index (χ4v) is 0.555. The second kappa shape index (κ2) is 3.72. The number of carbonyl (C=O) groups is 1. The zero-order chi connectivity index (χ0) is 9.07. The normalized spacial score (nSPS) is 11.8. The van der Waals surface area contributed by atoms with Crippen molar-refractivity contribution >= 4 is 5.91 Å². The molecule has 11 heavy (non-hydrogen) atoms. The molecule has 0 aliphatic carbocycles. The Labute approximate surface area is 68.3 Å². The maximum atomic E-state index is 10.9. The van der Waals surface area contributed by atoms with Crippen LogP contribution in [0.4, 0.5) is 0 Å². The lowest BCUT2D eigenvalue weighted by Gasteiger charge is -2.30. The predicted molar refractivity (Wildman–Crippen MR) is 46.1 cm³/mol. The molecule has 0 aliphatic heterocycles. The highest BCUT2D eigenvalue weighted by atomic mass is 16.1. The molecule has 0 bridgehead atoms. The Balaban J connectivity index is 4.01. The van der Waals surface area contributed by atoms with Crippen LogP contribution in [0, 0.1) is 5.92 Å². The van der Waals surface area contributed by atoms with Gasteiger partial charge in [-0.05, 0) is 19.8 Å². The molecule has 0 saturated carbocycles. The summed E-state index contributed by atoms with van der Waals surface area (Å²) < 4.78 is 0. The molecule has 0 aromatic carbocycles. The fourth-order valence-electron chi connectivity index (χ4n) is 0.555. The predicted octanol–water partition coefficient (Wildman–Crippen LogP) is 0.496. The Hall–Kier alpha value is -0.570. The molecule has 0 rings (SSSR count). The van der Waals surface area contributed by atoms with Gasteiger partial charge < -0.3 is 11.1 Å². The molecule has 0 fully saturated rings. The van der Waals surface area contributed by atoms with E-state index >= 15 is 0 Å². The summed E-state index contributed by atoms with van der Waals surface area (Å²) in [6.07, 6.45) is 0. The molecule has 0 radical (unpaired) electrons. The topological polar surface area (TPSA) is 55.1 Å². The molecule has 0 aromatic heterocycles. The zero-order valence-electron chi connectivity index (χ0n) is 7.77. The van der Waals surface area contributed by atoms with Crippen molar-refractivity contribution < 1.29 is 4.79 Å². The van der Waals surface area contributed by atoms with Gasteiger partial charge in [-0.25, -0.2) is 0 Å². The van der Waals surface area contributed by atoms with Crippen molar-refractivity contribution in [2.75, 3.05) is 6.54 Å². The highest BCUT2D eigenvalue weighted by molar-refractivity contribution is 5.78. The van der Waals surface area contributed by atoms with E-state index in [1.807, 2.05) is 13.8 Å². The van der Waals surface area contributed by atoms with Crippen LogP contribution in [-0.2, 0) is 4.79 Å².